The molecule has 5 nitrogen and oxygen atoms in total. The van der Waals surface area contributed by atoms with Gasteiger partial charge in [0.2, 0.25) is 6.79 Å². The highest BCUT2D eigenvalue weighted by atomic mass is 16.7. The van der Waals surface area contributed by atoms with Crippen LogP contribution >= 0.6 is 0 Å². The van der Waals surface area contributed by atoms with Crippen molar-refractivity contribution in [3.05, 3.63) is 23.3 Å². The van der Waals surface area contributed by atoms with Crippen LogP contribution in [0.1, 0.15) is 24.1 Å². The Balaban J connectivity index is 2.48. The van der Waals surface area contributed by atoms with Crippen LogP contribution in [0.4, 0.5) is 0 Å². The summed E-state index contributed by atoms with van der Waals surface area (Å²) in [4.78, 5) is 0. The zero-order valence-corrected chi connectivity index (χ0v) is 9.23. The van der Waals surface area contributed by atoms with E-state index in [1.54, 1.807) is 0 Å². The highest BCUT2D eigenvalue weighted by Gasteiger charge is 2.18. The third-order valence-corrected chi connectivity index (χ3v) is 2.67. The maximum atomic E-state index is 8.62. The Morgan fingerprint density at radius 2 is 2.12 bits per heavy atom. The summed E-state index contributed by atoms with van der Waals surface area (Å²) >= 11 is 0. The predicted molar refractivity (Wildman–Crippen MR) is 59.4 cm³/mol. The summed E-state index contributed by atoms with van der Waals surface area (Å²) < 4.78 is 10.6. The highest BCUT2D eigenvalue weighted by molar-refractivity contribution is 5.83. The Morgan fingerprint density at radius 1 is 1.44 bits per heavy atom. The summed E-state index contributed by atoms with van der Waals surface area (Å²) in [5.74, 6) is 1.41. The summed E-state index contributed by atoms with van der Waals surface area (Å²) in [6.45, 7) is 2.26. The second kappa shape index (κ2) is 4.40. The lowest BCUT2D eigenvalue weighted by Crippen LogP contribution is -2.14. The molecule has 0 fully saturated rings. The van der Waals surface area contributed by atoms with E-state index in [-0.39, 0.29) is 12.8 Å². The van der Waals surface area contributed by atoms with E-state index in [9.17, 15) is 0 Å². The van der Waals surface area contributed by atoms with Gasteiger partial charge in [-0.25, -0.2) is 0 Å². The lowest BCUT2D eigenvalue weighted by atomic mass is 10.0. The minimum atomic E-state index is 0.141. The summed E-state index contributed by atoms with van der Waals surface area (Å²) in [6.07, 6.45) is 1.39. The van der Waals surface area contributed by atoms with Gasteiger partial charge in [0.05, 0.1) is 6.21 Å². The predicted octanol–water partition coefficient (Wildman–Crippen LogP) is 1.50. The smallest absolute Gasteiger partial charge is 0.231 e. The Kier molecular flexibility index (Phi) is 2.96. The first kappa shape index (κ1) is 10.8. The fourth-order valence-corrected chi connectivity index (χ4v) is 1.68. The van der Waals surface area contributed by atoms with Gasteiger partial charge in [0.15, 0.2) is 11.5 Å². The van der Waals surface area contributed by atoms with Gasteiger partial charge in [0.25, 0.3) is 0 Å². The molecule has 0 saturated heterocycles. The molecule has 0 spiro atoms. The second-order valence-electron chi connectivity index (χ2n) is 3.59. The highest BCUT2D eigenvalue weighted by Crippen LogP contribution is 2.36. The molecule has 16 heavy (non-hydrogen) atoms. The number of hydrogen-bond donors (Lipinski definition) is 2. The van der Waals surface area contributed by atoms with Crippen LogP contribution in [0.2, 0.25) is 0 Å². The van der Waals surface area contributed by atoms with Crippen molar-refractivity contribution in [3.63, 3.8) is 0 Å². The third kappa shape index (κ3) is 1.81. The molecule has 1 heterocycles. The molecular formula is C11H14N2O3. The molecule has 5 heteroatoms. The fourth-order valence-electron chi connectivity index (χ4n) is 1.68. The molecule has 86 valence electrons. The summed E-state index contributed by atoms with van der Waals surface area (Å²) in [5.41, 5.74) is 1.82. The third-order valence-electron chi connectivity index (χ3n) is 2.67. The summed E-state index contributed by atoms with van der Waals surface area (Å²) in [5, 5.41) is 14.8. The van der Waals surface area contributed by atoms with E-state index in [1.165, 1.54) is 6.21 Å². The number of oxime groups is 1. The number of fused-ring (bicyclic) bond motifs is 1. The monoisotopic (exact) mass is 222 g/mol. The zero-order valence-electron chi connectivity index (χ0n) is 9.23. The zero-order chi connectivity index (χ0) is 11.5. The Bertz CT molecular complexity index is 418. The molecule has 1 aromatic carbocycles. The van der Waals surface area contributed by atoms with Crippen molar-refractivity contribution in [2.24, 2.45) is 5.16 Å². The van der Waals surface area contributed by atoms with Crippen LogP contribution in [0.3, 0.4) is 0 Å². The maximum absolute atomic E-state index is 8.62. The van der Waals surface area contributed by atoms with Gasteiger partial charge in [0, 0.05) is 11.6 Å². The molecule has 1 aromatic rings. The summed E-state index contributed by atoms with van der Waals surface area (Å²) in [6, 6.07) is 3.86. The lowest BCUT2D eigenvalue weighted by Gasteiger charge is -2.14. The van der Waals surface area contributed by atoms with Gasteiger partial charge in [0.1, 0.15) is 0 Å². The average Bonchev–Trinajstić information content (AvgIpc) is 2.74. The standard InChI is InChI=1S/C11H14N2O3/c1-7(12-2)9-4-11-10(15-6-16-11)3-8(9)5-13-14/h3-5,7,12,14H,6H2,1-2H3. The van der Waals surface area contributed by atoms with E-state index in [0.717, 1.165) is 16.9 Å². The topological polar surface area (TPSA) is 63.1 Å². The molecular weight excluding hydrogens is 208 g/mol. The molecule has 0 aromatic heterocycles. The number of nitrogens with zero attached hydrogens (tertiary/aromatic N) is 1. The maximum Gasteiger partial charge on any atom is 0.231 e. The Labute approximate surface area is 93.7 Å². The van der Waals surface area contributed by atoms with Crippen LogP contribution in [-0.4, -0.2) is 25.3 Å². The van der Waals surface area contributed by atoms with Gasteiger partial charge < -0.3 is 20.0 Å². The number of benzene rings is 1. The van der Waals surface area contributed by atoms with Crippen molar-refractivity contribution in [2.45, 2.75) is 13.0 Å². The van der Waals surface area contributed by atoms with Crippen LogP contribution in [-0.2, 0) is 0 Å². The van der Waals surface area contributed by atoms with Crippen LogP contribution < -0.4 is 14.8 Å². The van der Waals surface area contributed by atoms with Crippen molar-refractivity contribution in [1.29, 1.82) is 0 Å². The van der Waals surface area contributed by atoms with Gasteiger partial charge in [-0.1, -0.05) is 5.16 Å². The van der Waals surface area contributed by atoms with Gasteiger partial charge in [-0.3, -0.25) is 0 Å². The molecule has 0 saturated carbocycles. The van der Waals surface area contributed by atoms with E-state index in [0.29, 0.717) is 5.75 Å². The molecule has 2 rings (SSSR count). The first-order valence-electron chi connectivity index (χ1n) is 5.04. The largest absolute Gasteiger partial charge is 0.454 e. The van der Waals surface area contributed by atoms with Crippen LogP contribution in [0.15, 0.2) is 17.3 Å². The number of rotatable bonds is 3. The van der Waals surface area contributed by atoms with E-state index in [4.69, 9.17) is 14.7 Å². The van der Waals surface area contributed by atoms with Crippen LogP contribution in [0, 0.1) is 0 Å². The molecule has 1 atom stereocenters. The summed E-state index contributed by atoms with van der Waals surface area (Å²) in [7, 11) is 1.87. The van der Waals surface area contributed by atoms with E-state index < -0.39 is 0 Å². The number of hydrogen-bond acceptors (Lipinski definition) is 5. The van der Waals surface area contributed by atoms with E-state index in [1.807, 2.05) is 26.1 Å². The van der Waals surface area contributed by atoms with Crippen molar-refractivity contribution in [1.82, 2.24) is 5.32 Å². The van der Waals surface area contributed by atoms with Crippen LogP contribution in [0.25, 0.3) is 0 Å². The van der Waals surface area contributed by atoms with Crippen molar-refractivity contribution < 1.29 is 14.7 Å². The molecule has 2 N–H and O–H groups in total. The quantitative estimate of drug-likeness (QED) is 0.462. The fraction of sp³-hybridized carbons (Fsp3) is 0.364. The molecule has 0 radical (unpaired) electrons. The van der Waals surface area contributed by atoms with Crippen molar-refractivity contribution in [2.75, 3.05) is 13.8 Å². The van der Waals surface area contributed by atoms with Crippen molar-refractivity contribution in [3.8, 4) is 11.5 Å². The van der Waals surface area contributed by atoms with Crippen molar-refractivity contribution >= 4 is 6.21 Å². The first-order chi connectivity index (χ1) is 7.76. The van der Waals surface area contributed by atoms with Crippen LogP contribution in [0.5, 0.6) is 11.5 Å². The molecule has 0 aliphatic carbocycles. The van der Waals surface area contributed by atoms with E-state index in [2.05, 4.69) is 10.5 Å². The van der Waals surface area contributed by atoms with Gasteiger partial charge >= 0.3 is 0 Å². The van der Waals surface area contributed by atoms with Gasteiger partial charge in [-0.05, 0) is 31.7 Å². The normalized spacial score (nSPS) is 15.6. The van der Waals surface area contributed by atoms with Gasteiger partial charge in [-0.15, -0.1) is 0 Å². The molecule has 0 amide bonds. The number of ether oxygens (including phenoxy) is 2. The second-order valence-corrected chi connectivity index (χ2v) is 3.59. The molecule has 1 aliphatic heterocycles. The minimum Gasteiger partial charge on any atom is -0.454 e. The Morgan fingerprint density at radius 3 is 2.75 bits per heavy atom. The number of nitrogens with one attached hydrogen (secondary N) is 1. The van der Waals surface area contributed by atoms with Gasteiger partial charge in [-0.2, -0.15) is 0 Å². The minimum absolute atomic E-state index is 0.141. The first-order valence-corrected chi connectivity index (χ1v) is 5.04. The molecule has 1 aliphatic rings. The van der Waals surface area contributed by atoms with E-state index >= 15 is 0 Å². The lowest BCUT2D eigenvalue weighted by molar-refractivity contribution is 0.174. The Hall–Kier alpha value is -1.75. The molecule has 1 unspecified atom stereocenters. The SMILES string of the molecule is CNC(C)c1cc2c(cc1C=NO)OCO2. The average molecular weight is 222 g/mol. The molecule has 0 bridgehead atoms.